The van der Waals surface area contributed by atoms with Gasteiger partial charge in [-0.15, -0.1) is 16.4 Å². The van der Waals surface area contributed by atoms with Crippen molar-refractivity contribution in [3.05, 3.63) is 29.2 Å². The number of carbonyl (C=O) groups excluding carboxylic acids is 1. The van der Waals surface area contributed by atoms with Crippen molar-refractivity contribution in [1.82, 2.24) is 30.3 Å². The minimum atomic E-state index is -0.597. The molecule has 0 spiro atoms. The second-order valence-electron chi connectivity index (χ2n) is 3.87. The lowest BCUT2D eigenvalue weighted by Gasteiger charge is -2.00. The Morgan fingerprint density at radius 3 is 3.19 bits per heavy atom. The third-order valence-electron chi connectivity index (χ3n) is 2.48. The first-order valence-electron chi connectivity index (χ1n) is 6.07. The zero-order valence-electron chi connectivity index (χ0n) is 11.0. The Bertz CT molecular complexity index is 735. The zero-order chi connectivity index (χ0) is 14.7. The van der Waals surface area contributed by atoms with Crippen molar-refractivity contribution in [1.29, 1.82) is 0 Å². The zero-order valence-corrected chi connectivity index (χ0v) is 11.8. The van der Waals surface area contributed by atoms with Crippen molar-refractivity contribution < 1.29 is 14.1 Å². The van der Waals surface area contributed by atoms with Gasteiger partial charge in [0.15, 0.2) is 0 Å². The van der Waals surface area contributed by atoms with Crippen molar-refractivity contribution >= 4 is 17.3 Å². The van der Waals surface area contributed by atoms with Crippen LogP contribution in [0, 0.1) is 0 Å². The minimum absolute atomic E-state index is 0.00674. The minimum Gasteiger partial charge on any atom is -0.460 e. The summed E-state index contributed by atoms with van der Waals surface area (Å²) in [4.78, 5) is 16.8. The molecule has 108 valence electrons. The number of tetrazole rings is 1. The molecule has 0 unspecified atom stereocenters. The molecule has 0 aliphatic heterocycles. The van der Waals surface area contributed by atoms with Crippen LogP contribution in [0.3, 0.4) is 0 Å². The Labute approximate surface area is 122 Å². The van der Waals surface area contributed by atoms with Crippen LogP contribution in [0.25, 0.3) is 10.7 Å². The number of aromatic nitrogens is 6. The van der Waals surface area contributed by atoms with Crippen LogP contribution < -0.4 is 0 Å². The number of ether oxygens (including phenoxy) is 1. The van der Waals surface area contributed by atoms with E-state index in [4.69, 9.17) is 9.26 Å². The van der Waals surface area contributed by atoms with E-state index in [-0.39, 0.29) is 19.0 Å². The van der Waals surface area contributed by atoms with Gasteiger partial charge < -0.3 is 9.26 Å². The van der Waals surface area contributed by atoms with Gasteiger partial charge >= 0.3 is 5.97 Å². The van der Waals surface area contributed by atoms with E-state index in [1.165, 1.54) is 16.0 Å². The SMILES string of the molecule is CCOC(=O)c1nnnn1Cc1nc(-c2cccs2)no1. The maximum absolute atomic E-state index is 11.7. The lowest BCUT2D eigenvalue weighted by molar-refractivity contribution is 0.0504. The maximum atomic E-state index is 11.7. The molecule has 0 atom stereocenters. The van der Waals surface area contributed by atoms with E-state index < -0.39 is 5.97 Å². The van der Waals surface area contributed by atoms with Crippen LogP contribution >= 0.6 is 11.3 Å². The molecule has 0 bridgehead atoms. The number of hydrogen-bond donors (Lipinski definition) is 0. The average molecular weight is 306 g/mol. The normalized spacial score (nSPS) is 10.7. The number of rotatable bonds is 5. The van der Waals surface area contributed by atoms with E-state index in [2.05, 4.69) is 25.7 Å². The van der Waals surface area contributed by atoms with E-state index in [0.29, 0.717) is 11.7 Å². The molecule has 21 heavy (non-hydrogen) atoms. The van der Waals surface area contributed by atoms with Crippen LogP contribution in [0.1, 0.15) is 23.4 Å². The van der Waals surface area contributed by atoms with Gasteiger partial charge in [0.2, 0.25) is 11.7 Å². The largest absolute Gasteiger partial charge is 0.460 e. The molecule has 3 aromatic heterocycles. The second kappa shape index (κ2) is 5.79. The summed E-state index contributed by atoms with van der Waals surface area (Å²) in [5.41, 5.74) is 0. The fourth-order valence-electron chi connectivity index (χ4n) is 1.61. The third kappa shape index (κ3) is 2.79. The maximum Gasteiger partial charge on any atom is 0.378 e. The van der Waals surface area contributed by atoms with Crippen molar-refractivity contribution in [3.8, 4) is 10.7 Å². The van der Waals surface area contributed by atoms with Gasteiger partial charge in [-0.1, -0.05) is 11.2 Å². The highest BCUT2D eigenvalue weighted by Gasteiger charge is 2.19. The Morgan fingerprint density at radius 2 is 2.43 bits per heavy atom. The van der Waals surface area contributed by atoms with Crippen LogP contribution in [-0.4, -0.2) is 42.9 Å². The summed E-state index contributed by atoms with van der Waals surface area (Å²) in [5.74, 6) is 0.190. The highest BCUT2D eigenvalue weighted by Crippen LogP contribution is 2.21. The summed E-state index contributed by atoms with van der Waals surface area (Å²) in [6, 6.07) is 3.79. The first-order chi connectivity index (χ1) is 10.3. The smallest absolute Gasteiger partial charge is 0.378 e. The van der Waals surface area contributed by atoms with Crippen molar-refractivity contribution in [2.24, 2.45) is 0 Å². The van der Waals surface area contributed by atoms with Gasteiger partial charge in [-0.3, -0.25) is 0 Å². The van der Waals surface area contributed by atoms with E-state index >= 15 is 0 Å². The summed E-state index contributed by atoms with van der Waals surface area (Å²) in [7, 11) is 0. The van der Waals surface area contributed by atoms with E-state index in [9.17, 15) is 4.79 Å². The van der Waals surface area contributed by atoms with E-state index in [1.807, 2.05) is 17.5 Å². The Balaban J connectivity index is 1.79. The van der Waals surface area contributed by atoms with Crippen LogP contribution in [0.5, 0.6) is 0 Å². The Hall–Kier alpha value is -2.62. The van der Waals surface area contributed by atoms with Crippen LogP contribution in [-0.2, 0) is 11.3 Å². The van der Waals surface area contributed by atoms with Crippen molar-refractivity contribution in [2.75, 3.05) is 6.61 Å². The molecule has 0 aliphatic rings. The number of hydrogen-bond acceptors (Lipinski definition) is 9. The summed E-state index contributed by atoms with van der Waals surface area (Å²) >= 11 is 1.51. The summed E-state index contributed by atoms with van der Waals surface area (Å²) in [5, 5.41) is 16.6. The van der Waals surface area contributed by atoms with Gasteiger partial charge in [0.1, 0.15) is 6.54 Å². The van der Waals surface area contributed by atoms with E-state index in [0.717, 1.165) is 4.88 Å². The first-order valence-corrected chi connectivity index (χ1v) is 6.95. The highest BCUT2D eigenvalue weighted by molar-refractivity contribution is 7.13. The molecule has 3 aromatic rings. The lowest BCUT2D eigenvalue weighted by Crippen LogP contribution is -2.15. The number of carbonyl (C=O) groups is 1. The van der Waals surface area contributed by atoms with Gasteiger partial charge in [-0.2, -0.15) is 4.98 Å². The molecule has 10 heteroatoms. The monoisotopic (exact) mass is 306 g/mol. The molecule has 0 N–H and O–H groups in total. The average Bonchev–Trinajstić information content (AvgIpc) is 3.20. The fourth-order valence-corrected chi connectivity index (χ4v) is 2.26. The first kappa shape index (κ1) is 13.4. The van der Waals surface area contributed by atoms with Crippen LogP contribution in [0.2, 0.25) is 0 Å². The van der Waals surface area contributed by atoms with Gasteiger partial charge in [0, 0.05) is 0 Å². The van der Waals surface area contributed by atoms with Gasteiger partial charge in [-0.05, 0) is 28.8 Å². The lowest BCUT2D eigenvalue weighted by atomic mass is 10.4. The van der Waals surface area contributed by atoms with Crippen molar-refractivity contribution in [3.63, 3.8) is 0 Å². The van der Waals surface area contributed by atoms with Gasteiger partial charge in [0.25, 0.3) is 5.82 Å². The molecule has 0 amide bonds. The fraction of sp³-hybridized carbons (Fsp3) is 0.273. The second-order valence-corrected chi connectivity index (χ2v) is 4.82. The molecule has 3 rings (SSSR count). The van der Waals surface area contributed by atoms with Gasteiger partial charge in [0.05, 0.1) is 11.5 Å². The molecule has 0 saturated heterocycles. The molecule has 0 aromatic carbocycles. The summed E-state index contributed by atoms with van der Waals surface area (Å²) in [6.45, 7) is 2.05. The molecule has 0 radical (unpaired) electrons. The summed E-state index contributed by atoms with van der Waals surface area (Å²) < 4.78 is 11.2. The summed E-state index contributed by atoms with van der Waals surface area (Å²) in [6.07, 6.45) is 0. The molecular formula is C11H10N6O3S. The van der Waals surface area contributed by atoms with Crippen LogP contribution in [0.4, 0.5) is 0 Å². The van der Waals surface area contributed by atoms with Crippen molar-refractivity contribution in [2.45, 2.75) is 13.5 Å². The quantitative estimate of drug-likeness (QED) is 0.642. The number of nitrogens with zero attached hydrogens (tertiary/aromatic N) is 6. The molecule has 0 fully saturated rings. The van der Waals surface area contributed by atoms with E-state index in [1.54, 1.807) is 6.92 Å². The van der Waals surface area contributed by atoms with Gasteiger partial charge in [-0.25, -0.2) is 9.48 Å². The predicted molar refractivity (Wildman–Crippen MR) is 70.5 cm³/mol. The molecule has 0 aliphatic carbocycles. The number of esters is 1. The Kier molecular flexibility index (Phi) is 3.69. The molecular weight excluding hydrogens is 296 g/mol. The highest BCUT2D eigenvalue weighted by atomic mass is 32.1. The topological polar surface area (TPSA) is 109 Å². The molecule has 9 nitrogen and oxygen atoms in total. The number of thiophene rings is 1. The molecule has 0 saturated carbocycles. The standard InChI is InChI=1S/C11H10N6O3S/c1-2-19-11(18)10-13-15-16-17(10)6-8-12-9(14-20-8)7-4-3-5-21-7/h3-5H,2,6H2,1H3. The van der Waals surface area contributed by atoms with Crippen LogP contribution in [0.15, 0.2) is 22.0 Å². The Morgan fingerprint density at radius 1 is 1.52 bits per heavy atom. The predicted octanol–water partition coefficient (Wildman–Crippen LogP) is 1.01. The third-order valence-corrected chi connectivity index (χ3v) is 3.35. The molecule has 3 heterocycles.